The smallest absolute Gasteiger partial charge is 0.243 e. The third-order valence-corrected chi connectivity index (χ3v) is 4.61. The van der Waals surface area contributed by atoms with Gasteiger partial charge in [-0.3, -0.25) is 4.68 Å². The van der Waals surface area contributed by atoms with E-state index >= 15 is 0 Å². The molecule has 0 saturated heterocycles. The summed E-state index contributed by atoms with van der Waals surface area (Å²) in [5.41, 5.74) is 5.41. The van der Waals surface area contributed by atoms with E-state index in [4.69, 9.17) is 5.73 Å². The summed E-state index contributed by atoms with van der Waals surface area (Å²) in [5.74, 6) is 0.377. The van der Waals surface area contributed by atoms with Crippen molar-refractivity contribution in [3.8, 4) is 0 Å². The Kier molecular flexibility index (Phi) is 6.47. The molecule has 19 heavy (non-hydrogen) atoms. The maximum Gasteiger partial charge on any atom is 0.243 e. The number of aryl methyl sites for hydroxylation is 1. The van der Waals surface area contributed by atoms with E-state index in [2.05, 4.69) is 23.7 Å². The summed E-state index contributed by atoms with van der Waals surface area (Å²) in [5, 5.41) is 4.03. The van der Waals surface area contributed by atoms with Gasteiger partial charge in [0.25, 0.3) is 0 Å². The van der Waals surface area contributed by atoms with Crippen LogP contribution in [0.2, 0.25) is 0 Å². The van der Waals surface area contributed by atoms with E-state index in [1.807, 2.05) is 0 Å². The fourth-order valence-corrected chi connectivity index (χ4v) is 2.82. The fourth-order valence-electron chi connectivity index (χ4n) is 1.75. The topological polar surface area (TPSA) is 90.0 Å². The molecule has 0 saturated carbocycles. The minimum absolute atomic E-state index is 0.218. The zero-order valence-electron chi connectivity index (χ0n) is 11.7. The zero-order chi connectivity index (χ0) is 14.3. The van der Waals surface area contributed by atoms with Crippen molar-refractivity contribution in [3.05, 3.63) is 12.4 Å². The van der Waals surface area contributed by atoms with Gasteiger partial charge in [-0.15, -0.1) is 0 Å². The Bertz CT molecular complexity index is 466. The Labute approximate surface area is 115 Å². The van der Waals surface area contributed by atoms with Crippen LogP contribution in [0.5, 0.6) is 0 Å². The van der Waals surface area contributed by atoms with Crippen molar-refractivity contribution in [1.29, 1.82) is 0 Å². The summed E-state index contributed by atoms with van der Waals surface area (Å²) in [6, 6.07) is 0. The van der Waals surface area contributed by atoms with Crippen molar-refractivity contribution in [2.45, 2.75) is 44.6 Å². The van der Waals surface area contributed by atoms with Crippen LogP contribution in [0.15, 0.2) is 17.3 Å². The quantitative estimate of drug-likeness (QED) is 0.708. The van der Waals surface area contributed by atoms with Gasteiger partial charge in [-0.2, -0.15) is 5.10 Å². The lowest BCUT2D eigenvalue weighted by molar-refractivity contribution is 0.479. The summed E-state index contributed by atoms with van der Waals surface area (Å²) in [7, 11) is -3.44. The molecule has 1 aromatic heterocycles. The van der Waals surface area contributed by atoms with Gasteiger partial charge in [0.15, 0.2) is 0 Å². The van der Waals surface area contributed by atoms with Crippen LogP contribution >= 0.6 is 0 Å². The standard InChI is InChI=1S/C12H24N4O2S/c1-3-11(4-2)8-15-19(17,18)12-9-14-16(10-12)7-5-6-13/h9-11,15H,3-8,13H2,1-2H3. The molecule has 3 N–H and O–H groups in total. The van der Waals surface area contributed by atoms with Gasteiger partial charge in [0, 0.05) is 19.3 Å². The molecule has 0 fully saturated rings. The second kappa shape index (κ2) is 7.62. The van der Waals surface area contributed by atoms with Crippen molar-refractivity contribution < 1.29 is 8.42 Å². The van der Waals surface area contributed by atoms with Crippen LogP contribution in [-0.4, -0.2) is 31.3 Å². The van der Waals surface area contributed by atoms with Gasteiger partial charge in [-0.25, -0.2) is 13.1 Å². The Morgan fingerprint density at radius 3 is 2.68 bits per heavy atom. The van der Waals surface area contributed by atoms with Crippen LogP contribution in [0.25, 0.3) is 0 Å². The van der Waals surface area contributed by atoms with Crippen LogP contribution in [0.1, 0.15) is 33.1 Å². The van der Waals surface area contributed by atoms with E-state index in [-0.39, 0.29) is 4.90 Å². The first-order chi connectivity index (χ1) is 9.03. The second-order valence-corrected chi connectivity index (χ2v) is 6.38. The van der Waals surface area contributed by atoms with Crippen LogP contribution in [0.3, 0.4) is 0 Å². The van der Waals surface area contributed by atoms with Gasteiger partial charge in [-0.05, 0) is 18.9 Å². The van der Waals surface area contributed by atoms with E-state index in [1.165, 1.54) is 6.20 Å². The van der Waals surface area contributed by atoms with E-state index in [9.17, 15) is 8.42 Å². The molecule has 1 aromatic rings. The minimum Gasteiger partial charge on any atom is -0.330 e. The maximum absolute atomic E-state index is 12.1. The Hall–Kier alpha value is -0.920. The van der Waals surface area contributed by atoms with Crippen LogP contribution in [0, 0.1) is 5.92 Å². The lowest BCUT2D eigenvalue weighted by Crippen LogP contribution is -2.28. The number of hydrogen-bond donors (Lipinski definition) is 2. The Morgan fingerprint density at radius 2 is 2.11 bits per heavy atom. The van der Waals surface area contributed by atoms with Gasteiger partial charge in [-0.1, -0.05) is 26.7 Å². The number of nitrogens with two attached hydrogens (primary N) is 1. The fraction of sp³-hybridized carbons (Fsp3) is 0.750. The van der Waals surface area contributed by atoms with Gasteiger partial charge in [0.1, 0.15) is 4.90 Å². The van der Waals surface area contributed by atoms with Gasteiger partial charge < -0.3 is 5.73 Å². The first kappa shape index (κ1) is 16.1. The summed E-state index contributed by atoms with van der Waals surface area (Å²) in [6.45, 7) is 5.80. The largest absolute Gasteiger partial charge is 0.330 e. The first-order valence-corrected chi connectivity index (χ1v) is 8.24. The number of rotatable bonds is 9. The molecule has 0 aromatic carbocycles. The van der Waals surface area contributed by atoms with Gasteiger partial charge in [0.05, 0.1) is 6.20 Å². The van der Waals surface area contributed by atoms with E-state index in [0.717, 1.165) is 19.3 Å². The number of aromatic nitrogens is 2. The minimum atomic E-state index is -3.44. The monoisotopic (exact) mass is 288 g/mol. The summed E-state index contributed by atoms with van der Waals surface area (Å²) < 4.78 is 28.4. The summed E-state index contributed by atoms with van der Waals surface area (Å²) >= 11 is 0. The highest BCUT2D eigenvalue weighted by molar-refractivity contribution is 7.89. The highest BCUT2D eigenvalue weighted by Gasteiger charge is 2.17. The van der Waals surface area contributed by atoms with Crippen LogP contribution < -0.4 is 10.5 Å². The Balaban J connectivity index is 2.64. The van der Waals surface area contributed by atoms with Gasteiger partial charge in [0.2, 0.25) is 10.0 Å². The molecule has 1 rings (SSSR count). The molecule has 0 amide bonds. The van der Waals surface area contributed by atoms with Crippen molar-refractivity contribution in [2.24, 2.45) is 11.7 Å². The first-order valence-electron chi connectivity index (χ1n) is 6.75. The lowest BCUT2D eigenvalue weighted by Gasteiger charge is -2.12. The zero-order valence-corrected chi connectivity index (χ0v) is 12.5. The molecule has 0 radical (unpaired) electrons. The van der Waals surface area contributed by atoms with Crippen LogP contribution in [0.4, 0.5) is 0 Å². The molecule has 0 aliphatic rings. The maximum atomic E-state index is 12.1. The van der Waals surface area contributed by atoms with E-state index < -0.39 is 10.0 Å². The predicted octanol–water partition coefficient (Wildman–Crippen LogP) is 0.946. The van der Waals surface area contributed by atoms with Crippen molar-refractivity contribution in [1.82, 2.24) is 14.5 Å². The molecule has 7 heteroatoms. The SMILES string of the molecule is CCC(CC)CNS(=O)(=O)c1cnn(CCCN)c1. The average molecular weight is 288 g/mol. The molecule has 6 nitrogen and oxygen atoms in total. The molecule has 0 unspecified atom stereocenters. The molecular formula is C12H24N4O2S. The number of nitrogens with zero attached hydrogens (tertiary/aromatic N) is 2. The number of hydrogen-bond acceptors (Lipinski definition) is 4. The molecule has 0 aliphatic heterocycles. The second-order valence-electron chi connectivity index (χ2n) is 4.62. The summed E-state index contributed by atoms with van der Waals surface area (Å²) in [4.78, 5) is 0.218. The highest BCUT2D eigenvalue weighted by atomic mass is 32.2. The third-order valence-electron chi connectivity index (χ3n) is 3.23. The van der Waals surface area contributed by atoms with Crippen molar-refractivity contribution in [2.75, 3.05) is 13.1 Å². The molecule has 0 spiro atoms. The molecular weight excluding hydrogens is 264 g/mol. The molecule has 0 bridgehead atoms. The molecule has 1 heterocycles. The van der Waals surface area contributed by atoms with E-state index in [1.54, 1.807) is 10.9 Å². The number of sulfonamides is 1. The van der Waals surface area contributed by atoms with Crippen molar-refractivity contribution in [3.63, 3.8) is 0 Å². The van der Waals surface area contributed by atoms with Crippen molar-refractivity contribution >= 4 is 10.0 Å². The Morgan fingerprint density at radius 1 is 1.42 bits per heavy atom. The molecule has 0 aliphatic carbocycles. The van der Waals surface area contributed by atoms with Crippen LogP contribution in [-0.2, 0) is 16.6 Å². The highest BCUT2D eigenvalue weighted by Crippen LogP contribution is 2.10. The molecule has 110 valence electrons. The predicted molar refractivity (Wildman–Crippen MR) is 75.2 cm³/mol. The van der Waals surface area contributed by atoms with E-state index in [0.29, 0.717) is 25.6 Å². The lowest BCUT2D eigenvalue weighted by atomic mass is 10.0. The van der Waals surface area contributed by atoms with Gasteiger partial charge >= 0.3 is 0 Å². The number of nitrogens with one attached hydrogen (secondary N) is 1. The summed E-state index contributed by atoms with van der Waals surface area (Å²) in [6.07, 6.45) is 5.64. The molecule has 0 atom stereocenters. The third kappa shape index (κ3) is 4.93. The normalized spacial score (nSPS) is 12.2. The average Bonchev–Trinajstić information content (AvgIpc) is 2.87.